The van der Waals surface area contributed by atoms with Gasteiger partial charge in [-0.2, -0.15) is 5.10 Å². The zero-order valence-corrected chi connectivity index (χ0v) is 14.7. The molecule has 1 aromatic heterocycles. The molecule has 0 amide bonds. The molecule has 2 heterocycles. The molecule has 3 nitrogen and oxygen atoms in total. The minimum absolute atomic E-state index is 0.568. The molecule has 0 bridgehead atoms. The number of fused-ring (bicyclic) bond motifs is 1. The van der Waals surface area contributed by atoms with Gasteiger partial charge < -0.3 is 5.32 Å². The molecule has 1 aliphatic heterocycles. The van der Waals surface area contributed by atoms with Crippen LogP contribution in [0.1, 0.15) is 69.2 Å². The van der Waals surface area contributed by atoms with E-state index >= 15 is 0 Å². The average molecular weight is 311 g/mol. The van der Waals surface area contributed by atoms with Crippen LogP contribution in [0.3, 0.4) is 0 Å². The van der Waals surface area contributed by atoms with Gasteiger partial charge in [0.2, 0.25) is 0 Å². The summed E-state index contributed by atoms with van der Waals surface area (Å²) in [6, 6.07) is 8.67. The minimum Gasteiger partial charge on any atom is -0.370 e. The molecule has 3 rings (SSSR count). The predicted molar refractivity (Wildman–Crippen MR) is 97.7 cm³/mol. The van der Waals surface area contributed by atoms with Gasteiger partial charge in [0.05, 0.1) is 11.4 Å². The van der Waals surface area contributed by atoms with Crippen molar-refractivity contribution in [3.8, 4) is 5.69 Å². The number of para-hydroxylation sites is 1. The Hall–Kier alpha value is -1.77. The fourth-order valence-electron chi connectivity index (χ4n) is 3.72. The summed E-state index contributed by atoms with van der Waals surface area (Å²) in [4.78, 5) is 0. The second-order valence-corrected chi connectivity index (χ2v) is 6.50. The summed E-state index contributed by atoms with van der Waals surface area (Å²) in [7, 11) is 0. The SMILES string of the molecule is CCc1ccccc1-n1nc(C(CC)CC)c2c1NCCCC2. The Morgan fingerprint density at radius 3 is 2.65 bits per heavy atom. The predicted octanol–water partition coefficient (Wildman–Crippen LogP) is 5.09. The highest BCUT2D eigenvalue weighted by Crippen LogP contribution is 2.35. The molecule has 0 atom stereocenters. The van der Waals surface area contributed by atoms with Crippen molar-refractivity contribution in [2.45, 2.75) is 65.2 Å². The van der Waals surface area contributed by atoms with E-state index in [1.165, 1.54) is 41.2 Å². The van der Waals surface area contributed by atoms with E-state index in [2.05, 4.69) is 55.0 Å². The molecule has 3 heteroatoms. The van der Waals surface area contributed by atoms with Gasteiger partial charge in [-0.25, -0.2) is 4.68 Å². The highest BCUT2D eigenvalue weighted by molar-refractivity contribution is 5.56. The van der Waals surface area contributed by atoms with E-state index in [9.17, 15) is 0 Å². The van der Waals surface area contributed by atoms with Crippen LogP contribution in [0.15, 0.2) is 24.3 Å². The Morgan fingerprint density at radius 2 is 1.91 bits per heavy atom. The monoisotopic (exact) mass is 311 g/mol. The molecule has 0 spiro atoms. The summed E-state index contributed by atoms with van der Waals surface area (Å²) >= 11 is 0. The van der Waals surface area contributed by atoms with Gasteiger partial charge in [-0.15, -0.1) is 0 Å². The lowest BCUT2D eigenvalue weighted by Gasteiger charge is -2.12. The highest BCUT2D eigenvalue weighted by Gasteiger charge is 2.24. The topological polar surface area (TPSA) is 29.9 Å². The Balaban J connectivity index is 2.17. The van der Waals surface area contributed by atoms with Gasteiger partial charge in [0, 0.05) is 18.0 Å². The molecule has 0 aliphatic carbocycles. The first kappa shape index (κ1) is 16.1. The van der Waals surface area contributed by atoms with Crippen LogP contribution in [0.4, 0.5) is 5.82 Å². The van der Waals surface area contributed by atoms with E-state index in [1.807, 2.05) is 0 Å². The first-order chi connectivity index (χ1) is 11.3. The van der Waals surface area contributed by atoms with Crippen molar-refractivity contribution in [2.24, 2.45) is 0 Å². The van der Waals surface area contributed by atoms with Gasteiger partial charge in [0.25, 0.3) is 0 Å². The molecule has 0 saturated heterocycles. The lowest BCUT2D eigenvalue weighted by Crippen LogP contribution is -2.09. The maximum absolute atomic E-state index is 5.11. The molecule has 1 aliphatic rings. The number of nitrogens with one attached hydrogen (secondary N) is 1. The third-order valence-corrected chi connectivity index (χ3v) is 5.13. The van der Waals surface area contributed by atoms with Crippen LogP contribution >= 0.6 is 0 Å². The van der Waals surface area contributed by atoms with Crippen LogP contribution in [-0.2, 0) is 12.8 Å². The molecule has 0 fully saturated rings. The first-order valence-electron chi connectivity index (χ1n) is 9.24. The summed E-state index contributed by atoms with van der Waals surface area (Å²) in [5.74, 6) is 1.81. The van der Waals surface area contributed by atoms with Crippen molar-refractivity contribution in [1.29, 1.82) is 0 Å². The molecule has 2 aromatic rings. The number of anilines is 1. The van der Waals surface area contributed by atoms with E-state index in [0.717, 1.165) is 32.2 Å². The minimum atomic E-state index is 0.568. The molecule has 23 heavy (non-hydrogen) atoms. The third kappa shape index (κ3) is 3.01. The summed E-state index contributed by atoms with van der Waals surface area (Å²) in [6.07, 6.45) is 7.01. The summed E-state index contributed by atoms with van der Waals surface area (Å²) in [5, 5.41) is 8.78. The number of rotatable bonds is 5. The Labute approximate surface area is 140 Å². The Morgan fingerprint density at radius 1 is 1.13 bits per heavy atom. The number of nitrogens with zero attached hydrogens (tertiary/aromatic N) is 2. The van der Waals surface area contributed by atoms with Gasteiger partial charge in [-0.1, -0.05) is 39.0 Å². The molecule has 0 unspecified atom stereocenters. The fourth-order valence-corrected chi connectivity index (χ4v) is 3.72. The van der Waals surface area contributed by atoms with Crippen molar-refractivity contribution in [3.05, 3.63) is 41.1 Å². The highest BCUT2D eigenvalue weighted by atomic mass is 15.3. The Bertz CT molecular complexity index is 653. The second-order valence-electron chi connectivity index (χ2n) is 6.50. The lowest BCUT2D eigenvalue weighted by atomic mass is 9.94. The lowest BCUT2D eigenvalue weighted by molar-refractivity contribution is 0.604. The van der Waals surface area contributed by atoms with E-state index in [1.54, 1.807) is 0 Å². The molecule has 124 valence electrons. The average Bonchev–Trinajstić information content (AvgIpc) is 2.78. The quantitative estimate of drug-likeness (QED) is 0.834. The van der Waals surface area contributed by atoms with E-state index in [4.69, 9.17) is 5.10 Å². The largest absolute Gasteiger partial charge is 0.370 e. The third-order valence-electron chi connectivity index (χ3n) is 5.13. The number of benzene rings is 1. The van der Waals surface area contributed by atoms with Gasteiger partial charge in [0.15, 0.2) is 0 Å². The number of hydrogen-bond acceptors (Lipinski definition) is 2. The molecule has 0 radical (unpaired) electrons. The standard InChI is InChI=1S/C20H29N3/c1-4-15(5-2)19-17-12-9-10-14-21-20(17)23(22-19)18-13-8-7-11-16(18)6-3/h7-8,11,13,15,21H,4-6,9-10,12,14H2,1-3H3. The van der Waals surface area contributed by atoms with Gasteiger partial charge in [0.1, 0.15) is 5.82 Å². The van der Waals surface area contributed by atoms with E-state index in [-0.39, 0.29) is 0 Å². The molecule has 1 aromatic carbocycles. The Kier molecular flexibility index (Phi) is 5.04. The smallest absolute Gasteiger partial charge is 0.133 e. The van der Waals surface area contributed by atoms with E-state index in [0.29, 0.717) is 5.92 Å². The zero-order chi connectivity index (χ0) is 16.2. The zero-order valence-electron chi connectivity index (χ0n) is 14.7. The van der Waals surface area contributed by atoms with Crippen molar-refractivity contribution >= 4 is 5.82 Å². The second kappa shape index (κ2) is 7.20. The maximum atomic E-state index is 5.11. The van der Waals surface area contributed by atoms with Gasteiger partial charge in [-0.3, -0.25) is 0 Å². The van der Waals surface area contributed by atoms with Crippen LogP contribution in [0, 0.1) is 0 Å². The van der Waals surface area contributed by atoms with Crippen LogP contribution in [-0.4, -0.2) is 16.3 Å². The van der Waals surface area contributed by atoms with Crippen LogP contribution in [0.5, 0.6) is 0 Å². The summed E-state index contributed by atoms with van der Waals surface area (Å²) < 4.78 is 2.19. The number of aryl methyl sites for hydroxylation is 1. The van der Waals surface area contributed by atoms with Gasteiger partial charge in [-0.05, 0) is 50.2 Å². The molecule has 1 N–H and O–H groups in total. The fraction of sp³-hybridized carbons (Fsp3) is 0.550. The van der Waals surface area contributed by atoms with Crippen molar-refractivity contribution in [2.75, 3.05) is 11.9 Å². The van der Waals surface area contributed by atoms with Crippen molar-refractivity contribution in [1.82, 2.24) is 9.78 Å². The molecular weight excluding hydrogens is 282 g/mol. The summed E-state index contributed by atoms with van der Waals surface area (Å²) in [5.41, 5.74) is 5.38. The molecular formula is C20H29N3. The van der Waals surface area contributed by atoms with Crippen molar-refractivity contribution in [3.63, 3.8) is 0 Å². The number of aromatic nitrogens is 2. The first-order valence-corrected chi connectivity index (χ1v) is 9.24. The van der Waals surface area contributed by atoms with Crippen molar-refractivity contribution < 1.29 is 0 Å². The summed E-state index contributed by atoms with van der Waals surface area (Å²) in [6.45, 7) is 7.83. The van der Waals surface area contributed by atoms with Crippen LogP contribution in [0.2, 0.25) is 0 Å². The van der Waals surface area contributed by atoms with Gasteiger partial charge >= 0.3 is 0 Å². The van der Waals surface area contributed by atoms with E-state index < -0.39 is 0 Å². The van der Waals surface area contributed by atoms with Crippen LogP contribution < -0.4 is 5.32 Å². The molecule has 0 saturated carbocycles. The van der Waals surface area contributed by atoms with Crippen LogP contribution in [0.25, 0.3) is 5.69 Å². The maximum Gasteiger partial charge on any atom is 0.133 e. The normalized spacial score (nSPS) is 14.4. The number of hydrogen-bond donors (Lipinski definition) is 1.